The quantitative estimate of drug-likeness (QED) is 0.863. The third-order valence-electron chi connectivity index (χ3n) is 4.41. The predicted octanol–water partition coefficient (Wildman–Crippen LogP) is 2.40. The second-order valence-corrected chi connectivity index (χ2v) is 6.21. The second kappa shape index (κ2) is 9.07. The molecule has 1 aromatic carbocycles. The molecule has 26 heavy (non-hydrogen) atoms. The lowest BCUT2D eigenvalue weighted by Gasteiger charge is -2.27. The average molecular weight is 378 g/mol. The third kappa shape index (κ3) is 4.58. The summed E-state index contributed by atoms with van der Waals surface area (Å²) < 4.78 is 16.5. The van der Waals surface area contributed by atoms with Crippen LogP contribution in [0.25, 0.3) is 0 Å². The normalized spacial score (nSPS) is 16.1. The van der Waals surface area contributed by atoms with Gasteiger partial charge in [-0.3, -0.25) is 0 Å². The first-order chi connectivity index (χ1) is 12.4. The van der Waals surface area contributed by atoms with Crippen molar-refractivity contribution in [2.24, 2.45) is 0 Å². The summed E-state index contributed by atoms with van der Waals surface area (Å²) in [7, 11) is 0. The van der Waals surface area contributed by atoms with Crippen LogP contribution in [0.3, 0.4) is 0 Å². The van der Waals surface area contributed by atoms with E-state index in [4.69, 9.17) is 14.2 Å². The van der Waals surface area contributed by atoms with Gasteiger partial charge in [0.2, 0.25) is 0 Å². The summed E-state index contributed by atoms with van der Waals surface area (Å²) in [5.41, 5.74) is 2.36. The lowest BCUT2D eigenvalue weighted by atomic mass is 10.2. The summed E-state index contributed by atoms with van der Waals surface area (Å²) in [6.45, 7) is 6.18. The standard InChI is InChI=1S/C19H23N3O3.ClH/c1-3-17-18(25-10-9-24-17)11-15(1)12-20-13-16-2-4-19(21-14-16)22-5-7-23-8-6-22;/h1-4,11,14,20H,5-10,12-13H2;1H. The fourth-order valence-electron chi connectivity index (χ4n) is 3.05. The Labute approximate surface area is 159 Å². The molecule has 0 unspecified atom stereocenters. The lowest BCUT2D eigenvalue weighted by molar-refractivity contribution is 0.122. The van der Waals surface area contributed by atoms with E-state index in [0.29, 0.717) is 13.2 Å². The largest absolute Gasteiger partial charge is 0.486 e. The van der Waals surface area contributed by atoms with E-state index in [-0.39, 0.29) is 12.4 Å². The Morgan fingerprint density at radius 2 is 1.62 bits per heavy atom. The fourth-order valence-corrected chi connectivity index (χ4v) is 3.05. The van der Waals surface area contributed by atoms with Crippen LogP contribution in [0.2, 0.25) is 0 Å². The number of fused-ring (bicyclic) bond motifs is 1. The fraction of sp³-hybridized carbons (Fsp3) is 0.421. The number of pyridine rings is 1. The molecule has 0 saturated carbocycles. The first kappa shape index (κ1) is 18.8. The van der Waals surface area contributed by atoms with Crippen molar-refractivity contribution in [3.63, 3.8) is 0 Å². The van der Waals surface area contributed by atoms with Crippen molar-refractivity contribution in [2.75, 3.05) is 44.4 Å². The van der Waals surface area contributed by atoms with Crippen LogP contribution in [0.15, 0.2) is 36.5 Å². The number of hydrogen-bond donors (Lipinski definition) is 1. The van der Waals surface area contributed by atoms with E-state index in [1.807, 2.05) is 18.3 Å². The molecule has 0 bridgehead atoms. The minimum Gasteiger partial charge on any atom is -0.486 e. The van der Waals surface area contributed by atoms with E-state index in [1.165, 1.54) is 11.1 Å². The van der Waals surface area contributed by atoms with Gasteiger partial charge in [-0.25, -0.2) is 4.98 Å². The Kier molecular flexibility index (Phi) is 6.55. The molecule has 2 aliphatic rings. The van der Waals surface area contributed by atoms with Crippen molar-refractivity contribution >= 4 is 18.2 Å². The number of ether oxygens (including phenoxy) is 3. The van der Waals surface area contributed by atoms with E-state index in [0.717, 1.165) is 56.7 Å². The molecular weight excluding hydrogens is 354 g/mol. The minimum absolute atomic E-state index is 0. The molecule has 0 atom stereocenters. The molecule has 1 fully saturated rings. The summed E-state index contributed by atoms with van der Waals surface area (Å²) in [5.74, 6) is 2.69. The molecule has 1 aromatic heterocycles. The number of halogens is 1. The zero-order valence-corrected chi connectivity index (χ0v) is 15.5. The zero-order valence-electron chi connectivity index (χ0n) is 14.6. The van der Waals surface area contributed by atoms with Crippen molar-refractivity contribution in [1.29, 1.82) is 0 Å². The minimum atomic E-state index is 0. The van der Waals surface area contributed by atoms with E-state index in [9.17, 15) is 0 Å². The van der Waals surface area contributed by atoms with Crippen LogP contribution in [-0.4, -0.2) is 44.5 Å². The van der Waals surface area contributed by atoms with Crippen LogP contribution in [0.1, 0.15) is 11.1 Å². The Hall–Kier alpha value is -2.02. The van der Waals surface area contributed by atoms with Crippen LogP contribution >= 0.6 is 12.4 Å². The molecule has 4 rings (SSSR count). The molecule has 0 amide bonds. The number of anilines is 1. The van der Waals surface area contributed by atoms with Gasteiger partial charge in [0.1, 0.15) is 19.0 Å². The summed E-state index contributed by atoms with van der Waals surface area (Å²) in [6, 6.07) is 10.3. The Balaban J connectivity index is 0.00000196. The van der Waals surface area contributed by atoms with Crippen molar-refractivity contribution in [3.05, 3.63) is 47.7 Å². The van der Waals surface area contributed by atoms with Gasteiger partial charge in [-0.1, -0.05) is 12.1 Å². The van der Waals surface area contributed by atoms with Gasteiger partial charge in [0, 0.05) is 32.4 Å². The lowest BCUT2D eigenvalue weighted by Crippen LogP contribution is -2.36. The number of morpholine rings is 1. The summed E-state index contributed by atoms with van der Waals surface area (Å²) in [4.78, 5) is 6.84. The number of rotatable bonds is 5. The highest BCUT2D eigenvalue weighted by Gasteiger charge is 2.13. The molecule has 1 N–H and O–H groups in total. The van der Waals surface area contributed by atoms with Gasteiger partial charge in [-0.05, 0) is 29.3 Å². The Morgan fingerprint density at radius 1 is 0.885 bits per heavy atom. The number of benzene rings is 1. The molecule has 0 aliphatic carbocycles. The monoisotopic (exact) mass is 377 g/mol. The van der Waals surface area contributed by atoms with Crippen LogP contribution < -0.4 is 19.7 Å². The van der Waals surface area contributed by atoms with Crippen molar-refractivity contribution < 1.29 is 14.2 Å². The maximum Gasteiger partial charge on any atom is 0.161 e. The molecule has 0 spiro atoms. The smallest absolute Gasteiger partial charge is 0.161 e. The molecule has 140 valence electrons. The summed E-state index contributed by atoms with van der Waals surface area (Å²) in [6.07, 6.45) is 1.95. The van der Waals surface area contributed by atoms with E-state index < -0.39 is 0 Å². The third-order valence-corrected chi connectivity index (χ3v) is 4.41. The highest BCUT2D eigenvalue weighted by atomic mass is 35.5. The molecular formula is C19H24ClN3O3. The van der Waals surface area contributed by atoms with Gasteiger partial charge >= 0.3 is 0 Å². The maximum atomic E-state index is 5.62. The number of aromatic nitrogens is 1. The molecule has 2 aromatic rings. The van der Waals surface area contributed by atoms with Gasteiger partial charge in [0.05, 0.1) is 13.2 Å². The van der Waals surface area contributed by atoms with Crippen LogP contribution in [0, 0.1) is 0 Å². The summed E-state index contributed by atoms with van der Waals surface area (Å²) in [5, 5.41) is 3.45. The Morgan fingerprint density at radius 3 is 2.38 bits per heavy atom. The van der Waals surface area contributed by atoms with Crippen LogP contribution in [0.4, 0.5) is 5.82 Å². The average Bonchev–Trinajstić information content (AvgIpc) is 2.69. The highest BCUT2D eigenvalue weighted by molar-refractivity contribution is 5.85. The Bertz CT molecular complexity index is 706. The topological polar surface area (TPSA) is 55.9 Å². The molecule has 6 nitrogen and oxygen atoms in total. The molecule has 3 heterocycles. The predicted molar refractivity (Wildman–Crippen MR) is 102 cm³/mol. The van der Waals surface area contributed by atoms with Crippen molar-refractivity contribution in [3.8, 4) is 11.5 Å². The number of nitrogens with zero attached hydrogens (tertiary/aromatic N) is 2. The maximum absolute atomic E-state index is 5.62. The first-order valence-electron chi connectivity index (χ1n) is 8.75. The van der Waals surface area contributed by atoms with Gasteiger partial charge < -0.3 is 24.4 Å². The van der Waals surface area contributed by atoms with Gasteiger partial charge in [0.15, 0.2) is 11.5 Å². The number of nitrogens with one attached hydrogen (secondary N) is 1. The van der Waals surface area contributed by atoms with E-state index in [1.54, 1.807) is 0 Å². The molecule has 2 aliphatic heterocycles. The highest BCUT2D eigenvalue weighted by Crippen LogP contribution is 2.30. The molecule has 0 radical (unpaired) electrons. The second-order valence-electron chi connectivity index (χ2n) is 6.21. The van der Waals surface area contributed by atoms with Crippen molar-refractivity contribution in [2.45, 2.75) is 13.1 Å². The van der Waals surface area contributed by atoms with Crippen LogP contribution in [0.5, 0.6) is 11.5 Å². The van der Waals surface area contributed by atoms with Crippen LogP contribution in [-0.2, 0) is 17.8 Å². The molecule has 1 saturated heterocycles. The van der Waals surface area contributed by atoms with E-state index >= 15 is 0 Å². The van der Waals surface area contributed by atoms with E-state index in [2.05, 4.69) is 33.4 Å². The van der Waals surface area contributed by atoms with Gasteiger partial charge in [0.25, 0.3) is 0 Å². The number of hydrogen-bond acceptors (Lipinski definition) is 6. The van der Waals surface area contributed by atoms with Gasteiger partial charge in [-0.2, -0.15) is 0 Å². The van der Waals surface area contributed by atoms with Crippen molar-refractivity contribution in [1.82, 2.24) is 10.3 Å². The summed E-state index contributed by atoms with van der Waals surface area (Å²) >= 11 is 0. The van der Waals surface area contributed by atoms with Gasteiger partial charge in [-0.15, -0.1) is 12.4 Å². The zero-order chi connectivity index (χ0) is 16.9. The first-order valence-corrected chi connectivity index (χ1v) is 8.75. The molecule has 7 heteroatoms. The SMILES string of the molecule is Cl.c1cc(N2CCOCC2)ncc1CNCc1ccc2c(c1)OCCO2.